The maximum Gasteiger partial charge on any atom is 0.246 e. The van der Waals surface area contributed by atoms with Crippen LogP contribution in [0.25, 0.3) is 5.69 Å². The largest absolute Gasteiger partial charge is 0.324 e. The Morgan fingerprint density at radius 1 is 1.47 bits per heavy atom. The summed E-state index contributed by atoms with van der Waals surface area (Å²) in [4.78, 5) is 15.7. The van der Waals surface area contributed by atoms with Crippen molar-refractivity contribution in [1.29, 1.82) is 0 Å². The number of carbonyl (C=O) groups is 1. The molecule has 1 amide bonds. The van der Waals surface area contributed by atoms with E-state index in [1.807, 2.05) is 29.0 Å². The van der Waals surface area contributed by atoms with Crippen LogP contribution in [0.5, 0.6) is 0 Å². The minimum atomic E-state index is -0.248. The van der Waals surface area contributed by atoms with Crippen molar-refractivity contribution < 1.29 is 4.79 Å². The van der Waals surface area contributed by atoms with Gasteiger partial charge < -0.3 is 15.2 Å². The van der Waals surface area contributed by atoms with E-state index in [1.165, 1.54) is 0 Å². The van der Waals surface area contributed by atoms with Crippen LogP contribution in [0.3, 0.4) is 0 Å². The minimum Gasteiger partial charge on any atom is -0.324 e. The van der Waals surface area contributed by atoms with E-state index >= 15 is 0 Å². The number of hydrogen-bond donors (Lipinski definition) is 2. The molecule has 2 N–H and O–H groups in total. The molecule has 1 aliphatic rings. The number of likely N-dealkylation sites (N-methyl/N-ethyl adjacent to an activating group) is 1. The van der Waals surface area contributed by atoms with Crippen molar-refractivity contribution in [2.45, 2.75) is 6.04 Å². The maximum absolute atomic E-state index is 11.7. The van der Waals surface area contributed by atoms with Gasteiger partial charge in [-0.3, -0.25) is 4.79 Å². The second kappa shape index (κ2) is 3.71. The van der Waals surface area contributed by atoms with Crippen LogP contribution in [-0.2, 0) is 4.79 Å². The van der Waals surface area contributed by atoms with E-state index in [4.69, 9.17) is 0 Å². The first-order valence-electron chi connectivity index (χ1n) is 5.40. The van der Waals surface area contributed by atoms with Crippen LogP contribution in [0.15, 0.2) is 36.9 Å². The van der Waals surface area contributed by atoms with E-state index < -0.39 is 0 Å². The SMILES string of the molecule is CNC1C(=O)Nc2cc(-n3ccnc3)ccc21. The third-order valence-corrected chi connectivity index (χ3v) is 2.96. The molecule has 2 heterocycles. The third-order valence-electron chi connectivity index (χ3n) is 2.96. The third kappa shape index (κ3) is 1.52. The van der Waals surface area contributed by atoms with Gasteiger partial charge in [0.05, 0.1) is 6.33 Å². The summed E-state index contributed by atoms with van der Waals surface area (Å²) < 4.78 is 1.90. The zero-order valence-electron chi connectivity index (χ0n) is 9.34. The molecule has 1 aromatic heterocycles. The van der Waals surface area contributed by atoms with E-state index in [0.717, 1.165) is 16.9 Å². The molecule has 2 aromatic rings. The number of nitrogens with one attached hydrogen (secondary N) is 2. The second-order valence-corrected chi connectivity index (χ2v) is 3.95. The maximum atomic E-state index is 11.7. The summed E-state index contributed by atoms with van der Waals surface area (Å²) in [6.07, 6.45) is 5.32. The molecule has 0 bridgehead atoms. The van der Waals surface area contributed by atoms with Crippen molar-refractivity contribution in [1.82, 2.24) is 14.9 Å². The van der Waals surface area contributed by atoms with Gasteiger partial charge in [0.1, 0.15) is 6.04 Å². The predicted octanol–water partition coefficient (Wildman–Crippen LogP) is 1.08. The number of fused-ring (bicyclic) bond motifs is 1. The van der Waals surface area contributed by atoms with Crippen molar-refractivity contribution in [2.24, 2.45) is 0 Å². The summed E-state index contributed by atoms with van der Waals surface area (Å²) >= 11 is 0. The van der Waals surface area contributed by atoms with Crippen molar-refractivity contribution >= 4 is 11.6 Å². The normalized spacial score (nSPS) is 17.9. The number of carbonyl (C=O) groups excluding carboxylic acids is 1. The van der Waals surface area contributed by atoms with Crippen LogP contribution in [0.1, 0.15) is 11.6 Å². The summed E-state index contributed by atoms with van der Waals surface area (Å²) in [5, 5.41) is 5.86. The molecule has 86 valence electrons. The standard InChI is InChI=1S/C12H12N4O/c1-13-11-9-3-2-8(16-5-4-14-7-16)6-10(9)15-12(11)17/h2-7,11,13H,1H3,(H,15,17). The van der Waals surface area contributed by atoms with Crippen LogP contribution in [0, 0.1) is 0 Å². The van der Waals surface area contributed by atoms with E-state index in [0.29, 0.717) is 0 Å². The summed E-state index contributed by atoms with van der Waals surface area (Å²) in [7, 11) is 1.78. The van der Waals surface area contributed by atoms with Crippen LogP contribution < -0.4 is 10.6 Å². The molecule has 17 heavy (non-hydrogen) atoms. The molecule has 1 atom stereocenters. The molecule has 0 saturated carbocycles. The van der Waals surface area contributed by atoms with Gasteiger partial charge in [0.25, 0.3) is 0 Å². The Hall–Kier alpha value is -2.14. The molecule has 1 aliphatic heterocycles. The monoisotopic (exact) mass is 228 g/mol. The Balaban J connectivity index is 2.05. The van der Waals surface area contributed by atoms with Crippen molar-refractivity contribution in [3.05, 3.63) is 42.5 Å². The van der Waals surface area contributed by atoms with Gasteiger partial charge >= 0.3 is 0 Å². The van der Waals surface area contributed by atoms with E-state index in [2.05, 4.69) is 15.6 Å². The highest BCUT2D eigenvalue weighted by molar-refractivity contribution is 6.02. The van der Waals surface area contributed by atoms with Gasteiger partial charge in [0.15, 0.2) is 0 Å². The van der Waals surface area contributed by atoms with Gasteiger partial charge in [-0.1, -0.05) is 6.07 Å². The summed E-state index contributed by atoms with van der Waals surface area (Å²) in [6, 6.07) is 5.64. The fraction of sp³-hybridized carbons (Fsp3) is 0.167. The van der Waals surface area contributed by atoms with Crippen molar-refractivity contribution in [3.8, 4) is 5.69 Å². The van der Waals surface area contributed by atoms with E-state index in [-0.39, 0.29) is 11.9 Å². The number of amides is 1. The first kappa shape index (κ1) is 10.0. The van der Waals surface area contributed by atoms with Crippen LogP contribution in [0.4, 0.5) is 5.69 Å². The zero-order valence-corrected chi connectivity index (χ0v) is 9.34. The summed E-state index contributed by atoms with van der Waals surface area (Å²) in [5.41, 5.74) is 2.83. The number of nitrogens with zero attached hydrogens (tertiary/aromatic N) is 2. The van der Waals surface area contributed by atoms with E-state index in [9.17, 15) is 4.79 Å². The smallest absolute Gasteiger partial charge is 0.246 e. The number of anilines is 1. The fourth-order valence-corrected chi connectivity index (χ4v) is 2.11. The van der Waals surface area contributed by atoms with Gasteiger partial charge in [-0.15, -0.1) is 0 Å². The van der Waals surface area contributed by atoms with Gasteiger partial charge in [0, 0.05) is 29.3 Å². The number of benzene rings is 1. The predicted molar refractivity (Wildman–Crippen MR) is 64.0 cm³/mol. The lowest BCUT2D eigenvalue weighted by Gasteiger charge is -2.07. The number of aromatic nitrogens is 2. The highest BCUT2D eigenvalue weighted by Gasteiger charge is 2.29. The molecular weight excluding hydrogens is 216 g/mol. The van der Waals surface area contributed by atoms with Gasteiger partial charge in [-0.2, -0.15) is 0 Å². The Morgan fingerprint density at radius 3 is 3.06 bits per heavy atom. The number of imidazole rings is 1. The van der Waals surface area contributed by atoms with Gasteiger partial charge in [-0.25, -0.2) is 4.98 Å². The molecule has 1 aromatic carbocycles. The summed E-state index contributed by atoms with van der Waals surface area (Å²) in [6.45, 7) is 0. The Labute approximate surface area is 98.5 Å². The number of rotatable bonds is 2. The Morgan fingerprint density at radius 2 is 2.35 bits per heavy atom. The average Bonchev–Trinajstić information content (AvgIpc) is 2.93. The summed E-state index contributed by atoms with van der Waals surface area (Å²) in [5.74, 6) is -0.00900. The molecule has 0 radical (unpaired) electrons. The lowest BCUT2D eigenvalue weighted by Crippen LogP contribution is -2.23. The van der Waals surface area contributed by atoms with Gasteiger partial charge in [-0.05, 0) is 19.2 Å². The highest BCUT2D eigenvalue weighted by atomic mass is 16.2. The lowest BCUT2D eigenvalue weighted by molar-refractivity contribution is -0.117. The quantitative estimate of drug-likeness (QED) is 0.808. The molecule has 5 heteroatoms. The van der Waals surface area contributed by atoms with Crippen LogP contribution in [-0.4, -0.2) is 22.5 Å². The molecule has 5 nitrogen and oxygen atoms in total. The minimum absolute atomic E-state index is 0.00900. The molecule has 0 aliphatic carbocycles. The lowest BCUT2D eigenvalue weighted by atomic mass is 10.1. The first-order chi connectivity index (χ1) is 8.29. The van der Waals surface area contributed by atoms with Gasteiger partial charge in [0.2, 0.25) is 5.91 Å². The van der Waals surface area contributed by atoms with Crippen LogP contribution in [0.2, 0.25) is 0 Å². The molecule has 1 unspecified atom stereocenters. The molecular formula is C12H12N4O. The molecule has 0 saturated heterocycles. The molecule has 3 rings (SSSR count). The second-order valence-electron chi connectivity index (χ2n) is 3.95. The Kier molecular flexibility index (Phi) is 2.19. The average molecular weight is 228 g/mol. The fourth-order valence-electron chi connectivity index (χ4n) is 2.11. The zero-order chi connectivity index (χ0) is 11.8. The van der Waals surface area contributed by atoms with Crippen molar-refractivity contribution in [2.75, 3.05) is 12.4 Å². The molecule has 0 spiro atoms. The Bertz CT molecular complexity index is 562. The highest BCUT2D eigenvalue weighted by Crippen LogP contribution is 2.32. The number of hydrogen-bond acceptors (Lipinski definition) is 3. The molecule has 0 fully saturated rings. The topological polar surface area (TPSA) is 59.0 Å². The first-order valence-corrected chi connectivity index (χ1v) is 5.40. The van der Waals surface area contributed by atoms with Crippen molar-refractivity contribution in [3.63, 3.8) is 0 Å². The van der Waals surface area contributed by atoms with Crippen LogP contribution >= 0.6 is 0 Å². The van der Waals surface area contributed by atoms with E-state index in [1.54, 1.807) is 19.6 Å².